The molecule has 0 radical (unpaired) electrons. The lowest BCUT2D eigenvalue weighted by atomic mass is 9.92. The largest absolute Gasteiger partial charge is 0.396 e. The molecule has 0 aromatic heterocycles. The minimum Gasteiger partial charge on any atom is -0.396 e. The summed E-state index contributed by atoms with van der Waals surface area (Å²) in [5.74, 6) is 0.874. The third kappa shape index (κ3) is 1.08. The van der Waals surface area contributed by atoms with Crippen LogP contribution >= 0.6 is 0 Å². The summed E-state index contributed by atoms with van der Waals surface area (Å²) < 4.78 is 0. The minimum absolute atomic E-state index is 0.0234. The van der Waals surface area contributed by atoms with Crippen LogP contribution in [0.25, 0.3) is 0 Å². The molecule has 0 aromatic rings. The van der Waals surface area contributed by atoms with E-state index in [-0.39, 0.29) is 24.5 Å². The minimum atomic E-state index is -0.377. The average Bonchev–Trinajstić information content (AvgIpc) is 2.43. The van der Waals surface area contributed by atoms with Crippen LogP contribution in [-0.4, -0.2) is 28.7 Å². The van der Waals surface area contributed by atoms with Crippen molar-refractivity contribution in [2.75, 3.05) is 6.61 Å². The summed E-state index contributed by atoms with van der Waals surface area (Å²) in [7, 11) is 0. The van der Waals surface area contributed by atoms with Crippen molar-refractivity contribution in [3.05, 3.63) is 0 Å². The van der Waals surface area contributed by atoms with Crippen LogP contribution in [0.4, 0.5) is 0 Å². The lowest BCUT2D eigenvalue weighted by Gasteiger charge is -2.16. The summed E-state index contributed by atoms with van der Waals surface area (Å²) in [5, 5.41) is 18.5. The van der Waals surface area contributed by atoms with Crippen LogP contribution in [0, 0.1) is 17.8 Å². The van der Waals surface area contributed by atoms with Gasteiger partial charge in [-0.25, -0.2) is 0 Å². The number of hydrogen-bond donors (Lipinski definition) is 2. The number of rotatable bonds is 1. The Morgan fingerprint density at radius 2 is 2.17 bits per heavy atom. The smallest absolute Gasteiger partial charge is 0.133 e. The van der Waals surface area contributed by atoms with Crippen LogP contribution in [0.5, 0.6) is 0 Å². The first-order chi connectivity index (χ1) is 5.72. The van der Waals surface area contributed by atoms with E-state index in [9.17, 15) is 9.90 Å². The van der Waals surface area contributed by atoms with Crippen LogP contribution in [0.2, 0.25) is 0 Å². The van der Waals surface area contributed by atoms with Gasteiger partial charge in [0.1, 0.15) is 5.78 Å². The number of carbonyl (C=O) groups is 1. The molecule has 0 amide bonds. The van der Waals surface area contributed by atoms with E-state index in [2.05, 4.69) is 0 Å². The van der Waals surface area contributed by atoms with Crippen molar-refractivity contribution >= 4 is 5.78 Å². The summed E-state index contributed by atoms with van der Waals surface area (Å²) in [6.07, 6.45) is 1.53. The lowest BCUT2D eigenvalue weighted by Crippen LogP contribution is -2.23. The monoisotopic (exact) mass is 170 g/mol. The molecule has 0 saturated heterocycles. The van der Waals surface area contributed by atoms with E-state index in [1.807, 2.05) is 0 Å². The van der Waals surface area contributed by atoms with Gasteiger partial charge in [-0.2, -0.15) is 0 Å². The van der Waals surface area contributed by atoms with Crippen molar-refractivity contribution in [3.8, 4) is 0 Å². The molecular weight excluding hydrogens is 156 g/mol. The summed E-state index contributed by atoms with van der Waals surface area (Å²) in [6.45, 7) is 0.0234. The Morgan fingerprint density at radius 3 is 2.83 bits per heavy atom. The molecule has 0 aromatic carbocycles. The molecule has 0 bridgehead atoms. The van der Waals surface area contributed by atoms with Gasteiger partial charge in [0, 0.05) is 25.4 Å². The molecule has 0 aliphatic heterocycles. The Labute approximate surface area is 71.4 Å². The Balaban J connectivity index is 2.11. The maximum atomic E-state index is 11.1. The molecule has 2 fully saturated rings. The van der Waals surface area contributed by atoms with Crippen molar-refractivity contribution in [1.82, 2.24) is 0 Å². The van der Waals surface area contributed by atoms with Crippen LogP contribution in [0.15, 0.2) is 0 Å². The molecule has 3 heteroatoms. The highest BCUT2D eigenvalue weighted by atomic mass is 16.3. The lowest BCUT2D eigenvalue weighted by molar-refractivity contribution is -0.118. The Kier molecular flexibility index (Phi) is 1.93. The van der Waals surface area contributed by atoms with E-state index in [0.717, 1.165) is 0 Å². The van der Waals surface area contributed by atoms with Gasteiger partial charge < -0.3 is 10.2 Å². The van der Waals surface area contributed by atoms with Crippen LogP contribution in [-0.2, 0) is 4.79 Å². The van der Waals surface area contributed by atoms with Crippen LogP contribution < -0.4 is 0 Å². The van der Waals surface area contributed by atoms with E-state index in [1.165, 1.54) is 0 Å². The number of aliphatic hydroxyl groups excluding tert-OH is 2. The quantitative estimate of drug-likeness (QED) is 0.580. The average molecular weight is 170 g/mol. The fraction of sp³-hybridized carbons (Fsp3) is 0.889. The third-order valence-corrected chi connectivity index (χ3v) is 3.36. The number of carbonyl (C=O) groups excluding carboxylic acids is 1. The van der Waals surface area contributed by atoms with Gasteiger partial charge in [-0.1, -0.05) is 0 Å². The molecular formula is C9H14O3. The van der Waals surface area contributed by atoms with Gasteiger partial charge in [-0.05, 0) is 18.3 Å². The summed E-state index contributed by atoms with van der Waals surface area (Å²) in [4.78, 5) is 11.1. The van der Waals surface area contributed by atoms with Crippen LogP contribution in [0.1, 0.15) is 19.3 Å². The molecule has 2 unspecified atom stereocenters. The molecule has 12 heavy (non-hydrogen) atoms. The second-order valence-electron chi connectivity index (χ2n) is 4.02. The first-order valence-electron chi connectivity index (χ1n) is 4.53. The van der Waals surface area contributed by atoms with E-state index in [0.29, 0.717) is 31.0 Å². The Morgan fingerprint density at radius 1 is 1.42 bits per heavy atom. The summed E-state index contributed by atoms with van der Waals surface area (Å²) in [6, 6.07) is 0. The van der Waals surface area contributed by atoms with Gasteiger partial charge in [-0.15, -0.1) is 0 Å². The van der Waals surface area contributed by atoms with Gasteiger partial charge in [0.05, 0.1) is 6.10 Å². The van der Waals surface area contributed by atoms with Crippen molar-refractivity contribution in [2.24, 2.45) is 17.8 Å². The molecule has 4 atom stereocenters. The maximum Gasteiger partial charge on any atom is 0.133 e. The molecule has 2 N–H and O–H groups in total. The fourth-order valence-electron chi connectivity index (χ4n) is 2.74. The standard InChI is InChI=1S/C9H14O3/c10-4-8-7-3-6(11)1-5(7)2-9(8)12/h5,7-10,12H,1-4H2/t5?,7?,8-,9-/m1/s1. The molecule has 2 aliphatic rings. The number of fused-ring (bicyclic) bond motifs is 1. The number of aliphatic hydroxyl groups is 2. The fourth-order valence-corrected chi connectivity index (χ4v) is 2.74. The highest BCUT2D eigenvalue weighted by molar-refractivity contribution is 5.81. The van der Waals surface area contributed by atoms with Gasteiger partial charge in [0.25, 0.3) is 0 Å². The van der Waals surface area contributed by atoms with Crippen molar-refractivity contribution in [3.63, 3.8) is 0 Å². The topological polar surface area (TPSA) is 57.5 Å². The van der Waals surface area contributed by atoms with E-state index < -0.39 is 0 Å². The molecule has 3 nitrogen and oxygen atoms in total. The van der Waals surface area contributed by atoms with E-state index in [1.54, 1.807) is 0 Å². The molecule has 2 aliphatic carbocycles. The second kappa shape index (κ2) is 2.82. The molecule has 2 saturated carbocycles. The molecule has 2 rings (SSSR count). The first kappa shape index (κ1) is 8.20. The third-order valence-electron chi connectivity index (χ3n) is 3.36. The highest BCUT2D eigenvalue weighted by Crippen LogP contribution is 2.45. The summed E-state index contributed by atoms with van der Waals surface area (Å²) in [5.41, 5.74) is 0. The van der Waals surface area contributed by atoms with E-state index in [4.69, 9.17) is 5.11 Å². The SMILES string of the molecule is O=C1CC2C[C@@H](O)[C@H](CO)C2C1. The maximum absolute atomic E-state index is 11.1. The first-order valence-corrected chi connectivity index (χ1v) is 4.53. The van der Waals surface area contributed by atoms with E-state index >= 15 is 0 Å². The van der Waals surface area contributed by atoms with Crippen molar-refractivity contribution in [2.45, 2.75) is 25.4 Å². The Hall–Kier alpha value is -0.410. The number of hydrogen-bond acceptors (Lipinski definition) is 3. The number of ketones is 1. The Bertz CT molecular complexity index is 202. The zero-order valence-electron chi connectivity index (χ0n) is 6.94. The van der Waals surface area contributed by atoms with Gasteiger partial charge in [-0.3, -0.25) is 4.79 Å². The predicted octanol–water partition coefficient (Wildman–Crippen LogP) is -0.0452. The second-order valence-corrected chi connectivity index (χ2v) is 4.02. The zero-order chi connectivity index (χ0) is 8.72. The number of Topliss-reactive ketones (excluding diaryl/α,β-unsaturated/α-hetero) is 1. The van der Waals surface area contributed by atoms with Crippen molar-refractivity contribution in [1.29, 1.82) is 0 Å². The van der Waals surface area contributed by atoms with Gasteiger partial charge >= 0.3 is 0 Å². The molecule has 0 spiro atoms. The summed E-state index contributed by atoms with van der Waals surface area (Å²) >= 11 is 0. The van der Waals surface area contributed by atoms with Crippen molar-refractivity contribution < 1.29 is 15.0 Å². The molecule has 0 heterocycles. The zero-order valence-corrected chi connectivity index (χ0v) is 6.94. The van der Waals surface area contributed by atoms with Gasteiger partial charge in [0.2, 0.25) is 0 Å². The highest BCUT2D eigenvalue weighted by Gasteiger charge is 2.47. The predicted molar refractivity (Wildman–Crippen MR) is 42.4 cm³/mol. The van der Waals surface area contributed by atoms with Gasteiger partial charge in [0.15, 0.2) is 0 Å². The van der Waals surface area contributed by atoms with Crippen LogP contribution in [0.3, 0.4) is 0 Å². The molecule has 68 valence electrons. The normalized spacial score (nSPS) is 46.7.